The van der Waals surface area contributed by atoms with Crippen LogP contribution in [-0.2, 0) is 29.4 Å². The average molecular weight is 716 g/mol. The van der Waals surface area contributed by atoms with Crippen LogP contribution in [0.2, 0.25) is 0 Å². The Hall–Kier alpha value is -6.13. The van der Waals surface area contributed by atoms with E-state index in [0.29, 0.717) is 11.5 Å². The molecule has 1 aliphatic rings. The predicted molar refractivity (Wildman–Crippen MR) is 198 cm³/mol. The van der Waals surface area contributed by atoms with Crippen LogP contribution < -0.4 is 14.8 Å². The molecule has 0 aliphatic heterocycles. The zero-order valence-corrected chi connectivity index (χ0v) is 29.5. The third-order valence-electron chi connectivity index (χ3n) is 9.32. The summed E-state index contributed by atoms with van der Waals surface area (Å²) in [6.07, 6.45) is -2.47. The van der Waals surface area contributed by atoms with Crippen molar-refractivity contribution in [1.82, 2.24) is 5.32 Å². The number of esters is 1. The molecule has 0 fully saturated rings. The van der Waals surface area contributed by atoms with Crippen molar-refractivity contribution in [2.45, 2.75) is 30.5 Å². The van der Waals surface area contributed by atoms with E-state index in [1.54, 1.807) is 14.2 Å². The van der Waals surface area contributed by atoms with Gasteiger partial charge in [-0.05, 0) is 63.2 Å². The van der Waals surface area contributed by atoms with E-state index >= 15 is 0 Å². The molecular weight excluding hydrogens is 674 g/mol. The standard InChI is InChI=1S/C43H41NO9/c1-49-32-20-16-30(17-21-32)43(29-10-4-3-5-11-29,31-18-22-33(50-2)23-19-31)52-27-34(53-41(47)25-24-40(45)46)26-44-42(48)51-28-39-37-14-8-6-12-35(37)36-13-7-9-15-38(36)39/h3-23,34,39H,24-28H2,1-2H3,(H,44,48)(H,45,46). The molecule has 0 bridgehead atoms. The molecule has 0 saturated carbocycles. The van der Waals surface area contributed by atoms with Crippen molar-refractivity contribution in [3.05, 3.63) is 155 Å². The van der Waals surface area contributed by atoms with Crippen LogP contribution in [0.3, 0.4) is 0 Å². The second-order valence-electron chi connectivity index (χ2n) is 12.5. The topological polar surface area (TPSA) is 130 Å². The highest BCUT2D eigenvalue weighted by Gasteiger charge is 2.39. The third-order valence-corrected chi connectivity index (χ3v) is 9.32. The summed E-state index contributed by atoms with van der Waals surface area (Å²) < 4.78 is 29.3. The van der Waals surface area contributed by atoms with E-state index in [1.807, 2.05) is 115 Å². The Morgan fingerprint density at radius 3 is 1.72 bits per heavy atom. The number of carboxylic acids is 1. The molecule has 53 heavy (non-hydrogen) atoms. The number of amides is 1. The maximum Gasteiger partial charge on any atom is 0.407 e. The van der Waals surface area contributed by atoms with Gasteiger partial charge in [0.1, 0.15) is 29.8 Å². The van der Waals surface area contributed by atoms with Gasteiger partial charge in [-0.25, -0.2) is 4.79 Å². The largest absolute Gasteiger partial charge is 0.497 e. The first kappa shape index (κ1) is 36.7. The second-order valence-corrected chi connectivity index (χ2v) is 12.5. The number of ether oxygens (including phenoxy) is 5. The fourth-order valence-corrected chi connectivity index (χ4v) is 6.73. The highest BCUT2D eigenvalue weighted by molar-refractivity contribution is 5.79. The van der Waals surface area contributed by atoms with E-state index in [2.05, 4.69) is 17.4 Å². The Balaban J connectivity index is 1.25. The van der Waals surface area contributed by atoms with Crippen molar-refractivity contribution in [2.24, 2.45) is 0 Å². The molecule has 1 aliphatic carbocycles. The minimum Gasteiger partial charge on any atom is -0.497 e. The van der Waals surface area contributed by atoms with E-state index in [-0.39, 0.29) is 32.1 Å². The maximum absolute atomic E-state index is 13.2. The number of carbonyl (C=O) groups is 3. The monoisotopic (exact) mass is 715 g/mol. The summed E-state index contributed by atoms with van der Waals surface area (Å²) in [5.74, 6) is -0.698. The fraction of sp³-hybridized carbons (Fsp3) is 0.233. The first-order valence-corrected chi connectivity index (χ1v) is 17.3. The highest BCUT2D eigenvalue weighted by Crippen LogP contribution is 2.45. The molecule has 1 unspecified atom stereocenters. The average Bonchev–Trinajstić information content (AvgIpc) is 3.52. The summed E-state index contributed by atoms with van der Waals surface area (Å²) in [5, 5.41) is 11.9. The van der Waals surface area contributed by atoms with Crippen LogP contribution in [-0.4, -0.2) is 63.2 Å². The number of carbonyl (C=O) groups excluding carboxylic acids is 2. The van der Waals surface area contributed by atoms with E-state index in [9.17, 15) is 19.5 Å². The molecule has 6 rings (SSSR count). The van der Waals surface area contributed by atoms with Crippen LogP contribution in [0.25, 0.3) is 11.1 Å². The Labute approximate surface area is 308 Å². The Morgan fingerprint density at radius 2 is 1.19 bits per heavy atom. The van der Waals surface area contributed by atoms with Crippen LogP contribution >= 0.6 is 0 Å². The molecule has 0 radical (unpaired) electrons. The number of methoxy groups -OCH3 is 2. The Kier molecular flexibility index (Phi) is 11.7. The van der Waals surface area contributed by atoms with Crippen molar-refractivity contribution >= 4 is 18.0 Å². The zero-order valence-electron chi connectivity index (χ0n) is 29.5. The van der Waals surface area contributed by atoms with Crippen molar-refractivity contribution < 1.29 is 43.2 Å². The maximum atomic E-state index is 13.2. The van der Waals surface area contributed by atoms with Gasteiger partial charge < -0.3 is 34.1 Å². The van der Waals surface area contributed by atoms with Gasteiger partial charge in [0.15, 0.2) is 0 Å². The number of hydrogen-bond donors (Lipinski definition) is 2. The number of hydrogen-bond acceptors (Lipinski definition) is 8. The third kappa shape index (κ3) is 8.34. The Bertz CT molecular complexity index is 1920. The molecule has 0 saturated heterocycles. The molecule has 1 amide bonds. The number of carboxylic acid groups (broad SMARTS) is 1. The number of rotatable bonds is 16. The van der Waals surface area contributed by atoms with Crippen LogP contribution in [0.15, 0.2) is 127 Å². The van der Waals surface area contributed by atoms with Gasteiger partial charge in [0.25, 0.3) is 0 Å². The van der Waals surface area contributed by atoms with E-state index < -0.39 is 36.2 Å². The highest BCUT2D eigenvalue weighted by atomic mass is 16.6. The molecule has 272 valence electrons. The van der Waals surface area contributed by atoms with Crippen molar-refractivity contribution in [3.63, 3.8) is 0 Å². The van der Waals surface area contributed by atoms with Crippen molar-refractivity contribution in [1.29, 1.82) is 0 Å². The van der Waals surface area contributed by atoms with E-state index in [0.717, 1.165) is 38.9 Å². The van der Waals surface area contributed by atoms with Gasteiger partial charge in [0, 0.05) is 5.92 Å². The Morgan fingerprint density at radius 1 is 0.679 bits per heavy atom. The number of nitrogens with one attached hydrogen (secondary N) is 1. The minimum atomic E-state index is -1.23. The van der Waals surface area contributed by atoms with Crippen LogP contribution in [0.1, 0.15) is 46.6 Å². The number of alkyl carbamates (subject to hydrolysis) is 1. The van der Waals surface area contributed by atoms with Crippen LogP contribution in [0.4, 0.5) is 4.79 Å². The number of benzene rings is 5. The normalized spacial score (nSPS) is 12.6. The lowest BCUT2D eigenvalue weighted by Gasteiger charge is -2.37. The predicted octanol–water partition coefficient (Wildman–Crippen LogP) is 7.33. The lowest BCUT2D eigenvalue weighted by molar-refractivity contribution is -0.156. The molecule has 10 nitrogen and oxygen atoms in total. The molecule has 2 N–H and O–H groups in total. The fourth-order valence-electron chi connectivity index (χ4n) is 6.73. The first-order valence-electron chi connectivity index (χ1n) is 17.3. The molecule has 10 heteroatoms. The smallest absolute Gasteiger partial charge is 0.407 e. The molecule has 5 aromatic carbocycles. The van der Waals surface area contributed by atoms with Gasteiger partial charge in [-0.2, -0.15) is 0 Å². The quantitative estimate of drug-likeness (QED) is 0.0797. The number of aliphatic carboxylic acids is 1. The molecular formula is C43H41NO9. The number of fused-ring (bicyclic) bond motifs is 3. The van der Waals surface area contributed by atoms with Crippen molar-refractivity contribution in [3.8, 4) is 22.6 Å². The molecule has 5 aromatic rings. The molecule has 0 aromatic heterocycles. The van der Waals surface area contributed by atoms with Crippen molar-refractivity contribution in [2.75, 3.05) is 34.0 Å². The van der Waals surface area contributed by atoms with Crippen LogP contribution in [0.5, 0.6) is 11.5 Å². The molecule has 0 heterocycles. The van der Waals surface area contributed by atoms with Gasteiger partial charge in [-0.3, -0.25) is 9.59 Å². The summed E-state index contributed by atoms with van der Waals surface area (Å²) >= 11 is 0. The lowest BCUT2D eigenvalue weighted by Crippen LogP contribution is -2.42. The SMILES string of the molecule is COc1ccc(C(OCC(CNC(=O)OCC2c3ccccc3-c3ccccc32)OC(=O)CCC(=O)O)(c2ccccc2)c2ccc(OC)cc2)cc1. The van der Waals surface area contributed by atoms with Gasteiger partial charge in [-0.15, -0.1) is 0 Å². The van der Waals surface area contributed by atoms with Crippen LogP contribution in [0, 0.1) is 0 Å². The second kappa shape index (κ2) is 16.9. The minimum absolute atomic E-state index is 0.103. The zero-order chi connectivity index (χ0) is 37.2. The van der Waals surface area contributed by atoms with Gasteiger partial charge >= 0.3 is 18.0 Å². The first-order chi connectivity index (χ1) is 25.8. The van der Waals surface area contributed by atoms with Gasteiger partial charge in [0.05, 0.1) is 40.2 Å². The van der Waals surface area contributed by atoms with E-state index in [4.69, 9.17) is 23.7 Å². The lowest BCUT2D eigenvalue weighted by atomic mass is 9.80. The molecule has 1 atom stereocenters. The van der Waals surface area contributed by atoms with E-state index in [1.165, 1.54) is 0 Å². The summed E-state index contributed by atoms with van der Waals surface area (Å²) in [6.45, 7) is -0.244. The summed E-state index contributed by atoms with van der Waals surface area (Å²) in [6, 6.07) is 40.7. The van der Waals surface area contributed by atoms with Gasteiger partial charge in [-0.1, -0.05) is 103 Å². The molecule has 0 spiro atoms. The van der Waals surface area contributed by atoms with Gasteiger partial charge in [0.2, 0.25) is 0 Å². The summed E-state index contributed by atoms with van der Waals surface area (Å²) in [5.41, 5.74) is 5.45. The summed E-state index contributed by atoms with van der Waals surface area (Å²) in [7, 11) is 3.18. The summed E-state index contributed by atoms with van der Waals surface area (Å²) in [4.78, 5) is 37.3.